The third kappa shape index (κ3) is 4.73. The Morgan fingerprint density at radius 2 is 1.88 bits per heavy atom. The number of esters is 1. The number of nitrogens with zero attached hydrogens (tertiary/aromatic N) is 1. The van der Waals surface area contributed by atoms with Crippen LogP contribution < -0.4 is 4.74 Å². The van der Waals surface area contributed by atoms with Crippen LogP contribution in [-0.4, -0.2) is 22.9 Å². The van der Waals surface area contributed by atoms with Crippen LogP contribution in [0.2, 0.25) is 0 Å². The Bertz CT molecular complexity index is 718. The summed E-state index contributed by atoms with van der Waals surface area (Å²) in [4.78, 5) is 23.8. The fraction of sp³-hybridized carbons (Fsp3) is 0.235. The topological polar surface area (TPSA) is 78.7 Å². The van der Waals surface area contributed by atoms with Gasteiger partial charge in [0.25, 0.3) is 0 Å². The van der Waals surface area contributed by atoms with Crippen molar-refractivity contribution < 1.29 is 19.2 Å². The summed E-state index contributed by atoms with van der Waals surface area (Å²) >= 11 is 1.37. The first-order valence-corrected chi connectivity index (χ1v) is 8.26. The van der Waals surface area contributed by atoms with E-state index < -0.39 is 10.9 Å². The standard InChI is InChI=1S/C17H17NO5S/c1-12(2)23-17(19)14-9-6-10-15(18(20)21)16(14)22-11-24-13-7-4-3-5-8-13/h3-10,12H,11H2,1-2H3. The monoisotopic (exact) mass is 347 g/mol. The van der Waals surface area contributed by atoms with E-state index in [2.05, 4.69) is 0 Å². The molecule has 126 valence electrons. The maximum Gasteiger partial charge on any atom is 0.342 e. The van der Waals surface area contributed by atoms with E-state index in [0.717, 1.165) is 4.90 Å². The van der Waals surface area contributed by atoms with Crippen molar-refractivity contribution >= 4 is 23.4 Å². The summed E-state index contributed by atoms with van der Waals surface area (Å²) < 4.78 is 10.7. The average molecular weight is 347 g/mol. The van der Waals surface area contributed by atoms with E-state index in [1.165, 1.54) is 30.0 Å². The smallest absolute Gasteiger partial charge is 0.342 e. The molecule has 0 unspecified atom stereocenters. The fourth-order valence-corrected chi connectivity index (χ4v) is 2.59. The van der Waals surface area contributed by atoms with Gasteiger partial charge in [0, 0.05) is 11.0 Å². The van der Waals surface area contributed by atoms with E-state index in [1.807, 2.05) is 30.3 Å². The number of carbonyl (C=O) groups is 1. The van der Waals surface area contributed by atoms with Crippen molar-refractivity contribution in [1.82, 2.24) is 0 Å². The number of hydrogen-bond acceptors (Lipinski definition) is 6. The maximum atomic E-state index is 12.2. The number of nitro groups is 1. The number of thioether (sulfide) groups is 1. The predicted molar refractivity (Wildman–Crippen MR) is 91.4 cm³/mol. The lowest BCUT2D eigenvalue weighted by Crippen LogP contribution is -2.14. The molecule has 0 radical (unpaired) electrons. The fourth-order valence-electron chi connectivity index (χ4n) is 1.93. The highest BCUT2D eigenvalue weighted by molar-refractivity contribution is 7.99. The SMILES string of the molecule is CC(C)OC(=O)c1cccc([N+](=O)[O-])c1OCSc1ccccc1. The Labute approximate surface area is 143 Å². The number of ether oxygens (including phenoxy) is 2. The molecule has 0 amide bonds. The Morgan fingerprint density at radius 3 is 2.50 bits per heavy atom. The van der Waals surface area contributed by atoms with Crippen LogP contribution in [0.3, 0.4) is 0 Å². The molecule has 2 aromatic carbocycles. The molecule has 0 bridgehead atoms. The van der Waals surface area contributed by atoms with E-state index in [4.69, 9.17) is 9.47 Å². The molecule has 0 atom stereocenters. The molecule has 0 heterocycles. The lowest BCUT2D eigenvalue weighted by Gasteiger charge is -2.12. The van der Waals surface area contributed by atoms with Crippen molar-refractivity contribution in [3.05, 3.63) is 64.2 Å². The van der Waals surface area contributed by atoms with Gasteiger partial charge in [-0.15, -0.1) is 0 Å². The molecule has 0 N–H and O–H groups in total. The van der Waals surface area contributed by atoms with Gasteiger partial charge in [-0.25, -0.2) is 4.79 Å². The highest BCUT2D eigenvalue weighted by atomic mass is 32.2. The zero-order valence-electron chi connectivity index (χ0n) is 13.3. The zero-order valence-corrected chi connectivity index (χ0v) is 14.1. The number of rotatable bonds is 7. The van der Waals surface area contributed by atoms with Crippen molar-refractivity contribution in [3.63, 3.8) is 0 Å². The van der Waals surface area contributed by atoms with Gasteiger partial charge in [0.05, 0.1) is 11.0 Å². The van der Waals surface area contributed by atoms with Gasteiger partial charge in [-0.3, -0.25) is 10.1 Å². The van der Waals surface area contributed by atoms with Crippen molar-refractivity contribution in [3.8, 4) is 5.75 Å². The number of benzene rings is 2. The number of nitro benzene ring substituents is 1. The predicted octanol–water partition coefficient (Wildman–Crippen LogP) is 4.29. The van der Waals surface area contributed by atoms with Crippen LogP contribution in [0.15, 0.2) is 53.4 Å². The molecule has 2 rings (SSSR count). The van der Waals surface area contributed by atoms with Crippen LogP contribution in [0.5, 0.6) is 5.75 Å². The van der Waals surface area contributed by atoms with Gasteiger partial charge in [-0.05, 0) is 32.0 Å². The first-order valence-electron chi connectivity index (χ1n) is 7.28. The van der Waals surface area contributed by atoms with Crippen molar-refractivity contribution in [2.24, 2.45) is 0 Å². The summed E-state index contributed by atoms with van der Waals surface area (Å²) in [5, 5.41) is 11.2. The number of carbonyl (C=O) groups excluding carboxylic acids is 1. The van der Waals surface area contributed by atoms with E-state index in [0.29, 0.717) is 0 Å². The normalized spacial score (nSPS) is 10.5. The molecule has 2 aromatic rings. The van der Waals surface area contributed by atoms with Crippen molar-refractivity contribution in [1.29, 1.82) is 0 Å². The molecule has 0 aliphatic rings. The molecule has 24 heavy (non-hydrogen) atoms. The Balaban J connectivity index is 2.21. The quantitative estimate of drug-likeness (QED) is 0.244. The van der Waals surface area contributed by atoms with Gasteiger partial charge in [-0.2, -0.15) is 0 Å². The molecule has 7 heteroatoms. The Hall–Kier alpha value is -2.54. The lowest BCUT2D eigenvalue weighted by atomic mass is 10.1. The second-order valence-corrected chi connectivity index (χ2v) is 6.08. The van der Waals surface area contributed by atoms with Crippen molar-refractivity contribution in [2.45, 2.75) is 24.8 Å². The molecule has 0 aromatic heterocycles. The second kappa shape index (κ2) is 8.35. The van der Waals surface area contributed by atoms with E-state index in [1.54, 1.807) is 13.8 Å². The van der Waals surface area contributed by atoms with E-state index in [-0.39, 0.29) is 29.0 Å². The summed E-state index contributed by atoms with van der Waals surface area (Å²) in [5.74, 6) is -0.582. The number of hydrogen-bond donors (Lipinski definition) is 0. The van der Waals surface area contributed by atoms with Crippen LogP contribution >= 0.6 is 11.8 Å². The lowest BCUT2D eigenvalue weighted by molar-refractivity contribution is -0.385. The minimum atomic E-state index is -0.645. The molecule has 0 saturated carbocycles. The molecule has 0 fully saturated rings. The summed E-state index contributed by atoms with van der Waals surface area (Å²) in [6.07, 6.45) is -0.330. The molecule has 6 nitrogen and oxygen atoms in total. The van der Waals surface area contributed by atoms with Gasteiger partial charge in [0.1, 0.15) is 11.5 Å². The molecule has 0 aliphatic heterocycles. The molecule has 0 aliphatic carbocycles. The largest absolute Gasteiger partial charge is 0.475 e. The third-order valence-electron chi connectivity index (χ3n) is 2.93. The van der Waals surface area contributed by atoms with Crippen molar-refractivity contribution in [2.75, 3.05) is 5.94 Å². The Morgan fingerprint density at radius 1 is 1.17 bits per heavy atom. The number of para-hydroxylation sites is 1. The van der Waals surface area contributed by atoms with Crippen LogP contribution in [-0.2, 0) is 4.74 Å². The highest BCUT2D eigenvalue weighted by Crippen LogP contribution is 2.33. The van der Waals surface area contributed by atoms with Gasteiger partial charge in [-0.1, -0.05) is 36.0 Å². The minimum absolute atomic E-state index is 0.0477. The highest BCUT2D eigenvalue weighted by Gasteiger charge is 2.24. The summed E-state index contributed by atoms with van der Waals surface area (Å²) in [6.45, 7) is 3.42. The molecule has 0 spiro atoms. The van der Waals surface area contributed by atoms with E-state index in [9.17, 15) is 14.9 Å². The molecule has 0 saturated heterocycles. The maximum absolute atomic E-state index is 12.2. The minimum Gasteiger partial charge on any atom is -0.475 e. The van der Waals surface area contributed by atoms with Crippen LogP contribution in [0, 0.1) is 10.1 Å². The zero-order chi connectivity index (χ0) is 17.5. The first kappa shape index (κ1) is 17.8. The summed E-state index contributed by atoms with van der Waals surface area (Å²) in [5.41, 5.74) is -0.214. The molecular weight excluding hydrogens is 330 g/mol. The Kier molecular flexibility index (Phi) is 6.20. The van der Waals surface area contributed by atoms with Gasteiger partial charge < -0.3 is 9.47 Å². The summed E-state index contributed by atoms with van der Waals surface area (Å²) in [6, 6.07) is 13.7. The van der Waals surface area contributed by atoms with Crippen LogP contribution in [0.25, 0.3) is 0 Å². The third-order valence-corrected chi connectivity index (χ3v) is 3.77. The molecular formula is C17H17NO5S. The van der Waals surface area contributed by atoms with E-state index >= 15 is 0 Å². The summed E-state index contributed by atoms with van der Waals surface area (Å²) in [7, 11) is 0. The second-order valence-electron chi connectivity index (χ2n) is 5.08. The van der Waals surface area contributed by atoms with Crippen LogP contribution in [0.4, 0.5) is 5.69 Å². The first-order chi connectivity index (χ1) is 11.5. The van der Waals surface area contributed by atoms with Gasteiger partial charge in [0.15, 0.2) is 0 Å². The van der Waals surface area contributed by atoms with Gasteiger partial charge >= 0.3 is 11.7 Å². The van der Waals surface area contributed by atoms with Gasteiger partial charge in [0.2, 0.25) is 5.75 Å². The van der Waals surface area contributed by atoms with Crippen LogP contribution in [0.1, 0.15) is 24.2 Å². The average Bonchev–Trinajstić information content (AvgIpc) is 2.55.